The number of nitriles is 1. The topological polar surface area (TPSA) is 111 Å². The number of ether oxygens (including phenoxy) is 1. The predicted octanol–water partition coefficient (Wildman–Crippen LogP) is -0.502. The molecule has 0 saturated heterocycles. The summed E-state index contributed by atoms with van der Waals surface area (Å²) in [7, 11) is -1.31. The SMILES string of the molecule is COCCN(CCC#N)S(=O)(=O)N(C)C(C)C(=O)O. The van der Waals surface area contributed by atoms with E-state index in [9.17, 15) is 13.2 Å². The molecule has 0 amide bonds. The highest BCUT2D eigenvalue weighted by Crippen LogP contribution is 2.11. The summed E-state index contributed by atoms with van der Waals surface area (Å²) in [4.78, 5) is 10.8. The minimum Gasteiger partial charge on any atom is -0.480 e. The summed E-state index contributed by atoms with van der Waals surface area (Å²) < 4.78 is 31.0. The van der Waals surface area contributed by atoms with Crippen molar-refractivity contribution in [1.82, 2.24) is 8.61 Å². The van der Waals surface area contributed by atoms with E-state index in [4.69, 9.17) is 15.1 Å². The predicted molar refractivity (Wildman–Crippen MR) is 67.5 cm³/mol. The molecule has 0 aliphatic carbocycles. The first-order chi connectivity index (χ1) is 8.78. The number of carboxylic acid groups (broad SMARTS) is 1. The van der Waals surface area contributed by atoms with E-state index in [1.807, 2.05) is 6.07 Å². The van der Waals surface area contributed by atoms with Crippen molar-refractivity contribution < 1.29 is 23.1 Å². The second-order valence-electron chi connectivity index (χ2n) is 3.84. The molecule has 0 rings (SSSR count). The molecule has 0 aromatic heterocycles. The molecule has 0 radical (unpaired) electrons. The Kier molecular flexibility index (Phi) is 7.55. The third-order valence-corrected chi connectivity index (χ3v) is 4.67. The van der Waals surface area contributed by atoms with Crippen molar-refractivity contribution in [3.8, 4) is 6.07 Å². The zero-order chi connectivity index (χ0) is 15.1. The van der Waals surface area contributed by atoms with E-state index in [2.05, 4.69) is 0 Å². The van der Waals surface area contributed by atoms with Gasteiger partial charge in [0.05, 0.1) is 12.7 Å². The summed E-state index contributed by atoms with van der Waals surface area (Å²) in [5.74, 6) is -1.24. The first-order valence-electron chi connectivity index (χ1n) is 5.60. The van der Waals surface area contributed by atoms with Crippen LogP contribution in [0.1, 0.15) is 13.3 Å². The Bertz CT molecular complexity index is 431. The molecule has 1 unspecified atom stereocenters. The van der Waals surface area contributed by atoms with Crippen LogP contribution in [0.5, 0.6) is 0 Å². The molecular weight excluding hydrogens is 274 g/mol. The number of likely N-dealkylation sites (N-methyl/N-ethyl adjacent to an activating group) is 1. The van der Waals surface area contributed by atoms with Gasteiger partial charge in [0.1, 0.15) is 6.04 Å². The highest BCUT2D eigenvalue weighted by molar-refractivity contribution is 7.86. The lowest BCUT2D eigenvalue weighted by atomic mass is 10.4. The summed E-state index contributed by atoms with van der Waals surface area (Å²) in [5, 5.41) is 17.4. The van der Waals surface area contributed by atoms with E-state index < -0.39 is 22.2 Å². The molecule has 9 heteroatoms. The average Bonchev–Trinajstić information content (AvgIpc) is 2.36. The second-order valence-corrected chi connectivity index (χ2v) is 5.83. The number of nitrogens with zero attached hydrogens (tertiary/aromatic N) is 3. The Morgan fingerprint density at radius 3 is 2.47 bits per heavy atom. The van der Waals surface area contributed by atoms with Gasteiger partial charge in [0, 0.05) is 33.7 Å². The number of carboxylic acids is 1. The molecule has 0 aromatic rings. The minimum atomic E-state index is -3.94. The van der Waals surface area contributed by atoms with Crippen molar-refractivity contribution >= 4 is 16.2 Å². The van der Waals surface area contributed by atoms with Crippen LogP contribution in [0.4, 0.5) is 0 Å². The van der Waals surface area contributed by atoms with Crippen LogP contribution in [0.15, 0.2) is 0 Å². The zero-order valence-corrected chi connectivity index (χ0v) is 12.1. The first kappa shape index (κ1) is 17.8. The number of hydrogen-bond acceptors (Lipinski definition) is 5. The fraction of sp³-hybridized carbons (Fsp3) is 0.800. The van der Waals surface area contributed by atoms with Gasteiger partial charge in [-0.2, -0.15) is 22.3 Å². The van der Waals surface area contributed by atoms with Crippen molar-refractivity contribution in [2.24, 2.45) is 0 Å². The van der Waals surface area contributed by atoms with Crippen LogP contribution >= 0.6 is 0 Å². The summed E-state index contributed by atoms with van der Waals surface area (Å²) in [5.41, 5.74) is 0. The second kappa shape index (κ2) is 8.06. The van der Waals surface area contributed by atoms with Crippen molar-refractivity contribution in [2.75, 3.05) is 33.9 Å². The van der Waals surface area contributed by atoms with Gasteiger partial charge in [-0.25, -0.2) is 0 Å². The van der Waals surface area contributed by atoms with Gasteiger partial charge in [0.15, 0.2) is 0 Å². The van der Waals surface area contributed by atoms with Crippen LogP contribution in [0, 0.1) is 11.3 Å². The Labute approximate surface area is 113 Å². The molecule has 0 aromatic carbocycles. The van der Waals surface area contributed by atoms with Crippen molar-refractivity contribution in [3.63, 3.8) is 0 Å². The van der Waals surface area contributed by atoms with Crippen LogP contribution in [0.3, 0.4) is 0 Å². The van der Waals surface area contributed by atoms with Crippen molar-refractivity contribution in [2.45, 2.75) is 19.4 Å². The Hall–Kier alpha value is -1.21. The quantitative estimate of drug-likeness (QED) is 0.613. The Balaban J connectivity index is 5.05. The molecule has 0 aliphatic heterocycles. The molecule has 19 heavy (non-hydrogen) atoms. The monoisotopic (exact) mass is 293 g/mol. The normalized spacial score (nSPS) is 13.5. The van der Waals surface area contributed by atoms with Crippen LogP contribution in [0.25, 0.3) is 0 Å². The van der Waals surface area contributed by atoms with Gasteiger partial charge in [-0.3, -0.25) is 4.79 Å². The molecule has 0 heterocycles. The van der Waals surface area contributed by atoms with Crippen LogP contribution in [0.2, 0.25) is 0 Å². The van der Waals surface area contributed by atoms with Gasteiger partial charge in [0.25, 0.3) is 10.2 Å². The Morgan fingerprint density at radius 1 is 1.47 bits per heavy atom. The number of hydrogen-bond donors (Lipinski definition) is 1. The maximum atomic E-state index is 12.2. The zero-order valence-electron chi connectivity index (χ0n) is 11.2. The van der Waals surface area contributed by atoms with Gasteiger partial charge in [-0.15, -0.1) is 0 Å². The van der Waals surface area contributed by atoms with Crippen molar-refractivity contribution in [3.05, 3.63) is 0 Å². The van der Waals surface area contributed by atoms with Crippen LogP contribution in [-0.4, -0.2) is 68.0 Å². The van der Waals surface area contributed by atoms with E-state index in [-0.39, 0.29) is 26.1 Å². The molecule has 8 nitrogen and oxygen atoms in total. The maximum absolute atomic E-state index is 12.2. The third kappa shape index (κ3) is 5.12. The molecule has 1 atom stereocenters. The van der Waals surface area contributed by atoms with Gasteiger partial charge in [0.2, 0.25) is 0 Å². The minimum absolute atomic E-state index is 0.00112. The third-order valence-electron chi connectivity index (χ3n) is 2.61. The fourth-order valence-corrected chi connectivity index (χ4v) is 2.73. The lowest BCUT2D eigenvalue weighted by Crippen LogP contribution is -2.49. The van der Waals surface area contributed by atoms with Gasteiger partial charge < -0.3 is 9.84 Å². The maximum Gasteiger partial charge on any atom is 0.321 e. The lowest BCUT2D eigenvalue weighted by Gasteiger charge is -2.28. The van der Waals surface area contributed by atoms with Crippen LogP contribution in [-0.2, 0) is 19.7 Å². The summed E-state index contributed by atoms with van der Waals surface area (Å²) in [6, 6.07) is 0.673. The molecule has 110 valence electrons. The average molecular weight is 293 g/mol. The number of rotatable bonds is 9. The molecule has 0 spiro atoms. The largest absolute Gasteiger partial charge is 0.480 e. The standard InChI is InChI=1S/C10H19N3O5S/c1-9(10(14)15)12(2)19(16,17)13(6-4-5-11)7-8-18-3/h9H,4,6-8H2,1-3H3,(H,14,15). The van der Waals surface area contributed by atoms with E-state index in [0.29, 0.717) is 0 Å². The molecule has 0 fully saturated rings. The van der Waals surface area contributed by atoms with Gasteiger partial charge in [-0.05, 0) is 6.92 Å². The van der Waals surface area contributed by atoms with E-state index >= 15 is 0 Å². The molecule has 1 N–H and O–H groups in total. The summed E-state index contributed by atoms with van der Waals surface area (Å²) in [6.45, 7) is 1.51. The van der Waals surface area contributed by atoms with Crippen molar-refractivity contribution in [1.29, 1.82) is 5.26 Å². The molecular formula is C10H19N3O5S. The molecule has 0 bridgehead atoms. The highest BCUT2D eigenvalue weighted by Gasteiger charge is 2.32. The van der Waals surface area contributed by atoms with Gasteiger partial charge >= 0.3 is 5.97 Å². The number of aliphatic carboxylic acids is 1. The smallest absolute Gasteiger partial charge is 0.321 e. The highest BCUT2D eigenvalue weighted by atomic mass is 32.2. The molecule has 0 aliphatic rings. The fourth-order valence-electron chi connectivity index (χ4n) is 1.25. The van der Waals surface area contributed by atoms with Crippen LogP contribution < -0.4 is 0 Å². The van der Waals surface area contributed by atoms with Gasteiger partial charge in [-0.1, -0.05) is 0 Å². The number of carbonyl (C=O) groups is 1. The summed E-state index contributed by atoms with van der Waals surface area (Å²) in [6.07, 6.45) is 0.0260. The first-order valence-corrected chi connectivity index (χ1v) is 7.00. The van der Waals surface area contributed by atoms with E-state index in [1.54, 1.807) is 0 Å². The van der Waals surface area contributed by atoms with E-state index in [1.165, 1.54) is 21.1 Å². The number of methoxy groups -OCH3 is 1. The summed E-state index contributed by atoms with van der Waals surface area (Å²) >= 11 is 0. The molecule has 0 saturated carbocycles. The van der Waals surface area contributed by atoms with E-state index in [0.717, 1.165) is 8.61 Å². The Morgan fingerprint density at radius 2 is 2.05 bits per heavy atom. The lowest BCUT2D eigenvalue weighted by molar-refractivity contribution is -0.140.